The molecule has 0 aromatic heterocycles. The first kappa shape index (κ1) is 17.4. The summed E-state index contributed by atoms with van der Waals surface area (Å²) in [7, 11) is -3.57. The number of carboxylic acid groups (broad SMARTS) is 1. The lowest BCUT2D eigenvalue weighted by Crippen LogP contribution is -2.48. The number of carbonyl (C=O) groups is 1. The van der Waals surface area contributed by atoms with Crippen LogP contribution in [0.2, 0.25) is 0 Å². The van der Waals surface area contributed by atoms with Crippen LogP contribution in [0.1, 0.15) is 26.7 Å². The fourth-order valence-corrected chi connectivity index (χ4v) is 3.60. The molecule has 20 heavy (non-hydrogen) atoms. The molecular formula is C12H25N3O4S. The first-order chi connectivity index (χ1) is 9.40. The van der Waals surface area contributed by atoms with Crippen molar-refractivity contribution in [3.8, 4) is 0 Å². The molecule has 1 unspecified atom stereocenters. The quantitative estimate of drug-likeness (QED) is 0.657. The maximum Gasteiger partial charge on any atom is 0.307 e. The van der Waals surface area contributed by atoms with E-state index in [4.69, 9.17) is 5.11 Å². The molecule has 0 bridgehead atoms. The first-order valence-electron chi connectivity index (χ1n) is 7.10. The number of hydrogen-bond acceptors (Lipinski definition) is 4. The van der Waals surface area contributed by atoms with Crippen LogP contribution < -0.4 is 4.72 Å². The van der Waals surface area contributed by atoms with Gasteiger partial charge in [-0.05, 0) is 25.9 Å². The minimum Gasteiger partial charge on any atom is -0.481 e. The molecule has 1 atom stereocenters. The SMILES string of the molecule is CCN(CC)CCNS(=O)(=O)N1CCCC(C(=O)O)C1. The van der Waals surface area contributed by atoms with Crippen molar-refractivity contribution >= 4 is 16.2 Å². The van der Waals surface area contributed by atoms with Crippen LogP contribution in [0.25, 0.3) is 0 Å². The molecule has 118 valence electrons. The van der Waals surface area contributed by atoms with Crippen LogP contribution in [0.4, 0.5) is 0 Å². The van der Waals surface area contributed by atoms with Crippen molar-refractivity contribution in [3.05, 3.63) is 0 Å². The van der Waals surface area contributed by atoms with Gasteiger partial charge in [0.1, 0.15) is 0 Å². The first-order valence-corrected chi connectivity index (χ1v) is 8.54. The maximum atomic E-state index is 12.1. The third kappa shape index (κ3) is 5.01. The standard InChI is InChI=1S/C12H25N3O4S/c1-3-14(4-2)9-7-13-20(18,19)15-8-5-6-11(10-15)12(16)17/h11,13H,3-10H2,1-2H3,(H,16,17). The Balaban J connectivity index is 2.49. The molecule has 1 aliphatic rings. The highest BCUT2D eigenvalue weighted by atomic mass is 32.2. The Morgan fingerprint density at radius 3 is 2.60 bits per heavy atom. The van der Waals surface area contributed by atoms with Crippen LogP contribution >= 0.6 is 0 Å². The van der Waals surface area contributed by atoms with E-state index in [-0.39, 0.29) is 6.54 Å². The monoisotopic (exact) mass is 307 g/mol. The summed E-state index contributed by atoms with van der Waals surface area (Å²) in [6.45, 7) is 7.27. The molecule has 2 N–H and O–H groups in total. The molecule has 0 saturated carbocycles. The molecule has 1 fully saturated rings. The zero-order valence-corrected chi connectivity index (χ0v) is 13.0. The van der Waals surface area contributed by atoms with E-state index in [1.165, 1.54) is 4.31 Å². The predicted molar refractivity (Wildman–Crippen MR) is 76.6 cm³/mol. The molecule has 1 saturated heterocycles. The molecule has 7 nitrogen and oxygen atoms in total. The van der Waals surface area contributed by atoms with Gasteiger partial charge in [0.05, 0.1) is 5.92 Å². The molecule has 0 aromatic carbocycles. The molecule has 0 amide bonds. The van der Waals surface area contributed by atoms with Crippen molar-refractivity contribution in [2.75, 3.05) is 39.3 Å². The minimum atomic E-state index is -3.57. The second-order valence-corrected chi connectivity index (χ2v) is 6.72. The van der Waals surface area contributed by atoms with E-state index in [0.29, 0.717) is 32.5 Å². The van der Waals surface area contributed by atoms with Crippen molar-refractivity contribution in [1.82, 2.24) is 13.9 Å². The third-order valence-corrected chi connectivity index (χ3v) is 5.26. The van der Waals surface area contributed by atoms with E-state index in [1.807, 2.05) is 13.8 Å². The molecule has 0 radical (unpaired) electrons. The van der Waals surface area contributed by atoms with E-state index in [1.54, 1.807) is 0 Å². The normalized spacial score (nSPS) is 21.2. The van der Waals surface area contributed by atoms with Gasteiger partial charge < -0.3 is 10.0 Å². The molecular weight excluding hydrogens is 282 g/mol. The van der Waals surface area contributed by atoms with E-state index in [2.05, 4.69) is 9.62 Å². The smallest absolute Gasteiger partial charge is 0.307 e. The van der Waals surface area contributed by atoms with Crippen LogP contribution in [-0.2, 0) is 15.0 Å². The lowest BCUT2D eigenvalue weighted by Gasteiger charge is -2.30. The van der Waals surface area contributed by atoms with Crippen LogP contribution in [0, 0.1) is 5.92 Å². The molecule has 1 heterocycles. The number of nitrogens with one attached hydrogen (secondary N) is 1. The highest BCUT2D eigenvalue weighted by Gasteiger charge is 2.31. The van der Waals surface area contributed by atoms with Gasteiger partial charge in [-0.15, -0.1) is 0 Å². The molecule has 1 rings (SSSR count). The van der Waals surface area contributed by atoms with Crippen molar-refractivity contribution in [2.45, 2.75) is 26.7 Å². The zero-order valence-electron chi connectivity index (χ0n) is 12.2. The second kappa shape index (κ2) is 7.92. The summed E-state index contributed by atoms with van der Waals surface area (Å²) < 4.78 is 28.0. The Morgan fingerprint density at radius 2 is 2.05 bits per heavy atom. The van der Waals surface area contributed by atoms with Gasteiger partial charge in [-0.25, -0.2) is 4.72 Å². The summed E-state index contributed by atoms with van der Waals surface area (Å²) in [5.41, 5.74) is 0. The van der Waals surface area contributed by atoms with Crippen LogP contribution in [0.3, 0.4) is 0 Å². The Hall–Kier alpha value is -0.700. The lowest BCUT2D eigenvalue weighted by molar-refractivity contribution is -0.142. The Bertz CT molecular complexity index is 409. The molecule has 0 spiro atoms. The van der Waals surface area contributed by atoms with E-state index >= 15 is 0 Å². The fourth-order valence-electron chi connectivity index (χ4n) is 2.33. The Kier molecular flexibility index (Phi) is 6.87. The largest absolute Gasteiger partial charge is 0.481 e. The van der Waals surface area contributed by atoms with Gasteiger partial charge in [-0.1, -0.05) is 13.8 Å². The molecule has 8 heteroatoms. The number of likely N-dealkylation sites (N-methyl/N-ethyl adjacent to an activating group) is 1. The zero-order chi connectivity index (χ0) is 15.2. The number of aliphatic carboxylic acids is 1. The van der Waals surface area contributed by atoms with Gasteiger partial charge in [0.15, 0.2) is 0 Å². The fraction of sp³-hybridized carbons (Fsp3) is 0.917. The van der Waals surface area contributed by atoms with Crippen molar-refractivity contribution in [1.29, 1.82) is 0 Å². The highest BCUT2D eigenvalue weighted by molar-refractivity contribution is 7.87. The summed E-state index contributed by atoms with van der Waals surface area (Å²) in [6, 6.07) is 0. The van der Waals surface area contributed by atoms with Crippen LogP contribution in [0.5, 0.6) is 0 Å². The Labute approximate surface area is 121 Å². The summed E-state index contributed by atoms with van der Waals surface area (Å²) in [5.74, 6) is -1.52. The summed E-state index contributed by atoms with van der Waals surface area (Å²) in [4.78, 5) is 13.1. The topological polar surface area (TPSA) is 90.0 Å². The van der Waals surface area contributed by atoms with Gasteiger partial charge in [0, 0.05) is 26.2 Å². The van der Waals surface area contributed by atoms with Gasteiger partial charge >= 0.3 is 5.97 Å². The number of piperidine rings is 1. The number of carboxylic acids is 1. The number of nitrogens with zero attached hydrogens (tertiary/aromatic N) is 2. The summed E-state index contributed by atoms with van der Waals surface area (Å²) in [6.07, 6.45) is 1.13. The van der Waals surface area contributed by atoms with Crippen molar-refractivity contribution in [3.63, 3.8) is 0 Å². The minimum absolute atomic E-state index is 0.0654. The third-order valence-electron chi connectivity index (χ3n) is 3.68. The second-order valence-electron chi connectivity index (χ2n) is 4.96. The molecule has 0 aromatic rings. The van der Waals surface area contributed by atoms with E-state index < -0.39 is 22.1 Å². The average Bonchev–Trinajstić information content (AvgIpc) is 2.43. The van der Waals surface area contributed by atoms with Crippen LogP contribution in [-0.4, -0.2) is 68.0 Å². The number of rotatable bonds is 8. The van der Waals surface area contributed by atoms with Gasteiger partial charge in [0.25, 0.3) is 10.2 Å². The average molecular weight is 307 g/mol. The Morgan fingerprint density at radius 1 is 1.40 bits per heavy atom. The van der Waals surface area contributed by atoms with Gasteiger partial charge in [-0.2, -0.15) is 12.7 Å². The summed E-state index contributed by atoms with van der Waals surface area (Å²) >= 11 is 0. The maximum absolute atomic E-state index is 12.1. The molecule has 0 aliphatic carbocycles. The molecule has 1 aliphatic heterocycles. The van der Waals surface area contributed by atoms with Gasteiger partial charge in [0.2, 0.25) is 0 Å². The van der Waals surface area contributed by atoms with Crippen molar-refractivity contribution in [2.24, 2.45) is 5.92 Å². The lowest BCUT2D eigenvalue weighted by atomic mass is 10.0. The van der Waals surface area contributed by atoms with Crippen LogP contribution in [0.15, 0.2) is 0 Å². The highest BCUT2D eigenvalue weighted by Crippen LogP contribution is 2.18. The summed E-state index contributed by atoms with van der Waals surface area (Å²) in [5, 5.41) is 8.99. The van der Waals surface area contributed by atoms with Gasteiger partial charge in [-0.3, -0.25) is 4.79 Å². The number of hydrogen-bond donors (Lipinski definition) is 2. The predicted octanol–water partition coefficient (Wildman–Crippen LogP) is -0.0408. The van der Waals surface area contributed by atoms with E-state index in [0.717, 1.165) is 13.1 Å². The van der Waals surface area contributed by atoms with E-state index in [9.17, 15) is 13.2 Å². The van der Waals surface area contributed by atoms with Crippen molar-refractivity contribution < 1.29 is 18.3 Å².